The molecule has 2 heterocycles. The molecule has 14 heavy (non-hydrogen) atoms. The number of thiophene rings is 1. The quantitative estimate of drug-likeness (QED) is 0.900. The normalized spacial score (nSPS) is 27.9. The van der Waals surface area contributed by atoms with Crippen LogP contribution in [0.4, 0.5) is 0 Å². The Kier molecular flexibility index (Phi) is 3.60. The van der Waals surface area contributed by atoms with Gasteiger partial charge < -0.3 is 9.84 Å². The third kappa shape index (κ3) is 2.03. The fourth-order valence-electron chi connectivity index (χ4n) is 1.87. The summed E-state index contributed by atoms with van der Waals surface area (Å²) in [5.74, 6) is 0.259. The highest BCUT2D eigenvalue weighted by molar-refractivity contribution is 9.10. The number of ether oxygens (including phenoxy) is 1. The maximum atomic E-state index is 9.26. The maximum Gasteiger partial charge on any atom is 0.0893 e. The van der Waals surface area contributed by atoms with Gasteiger partial charge in [0.25, 0.3) is 0 Å². The van der Waals surface area contributed by atoms with Gasteiger partial charge in [-0.05, 0) is 34.2 Å². The highest BCUT2D eigenvalue weighted by Gasteiger charge is 2.28. The van der Waals surface area contributed by atoms with E-state index in [1.807, 2.05) is 0 Å². The predicted octanol–water partition coefficient (Wildman–Crippen LogP) is 2.97. The summed E-state index contributed by atoms with van der Waals surface area (Å²) >= 11 is 5.17. The second-order valence-electron chi connectivity index (χ2n) is 3.55. The first kappa shape index (κ1) is 10.6. The van der Waals surface area contributed by atoms with Crippen LogP contribution in [0.1, 0.15) is 24.5 Å². The average molecular weight is 277 g/mol. The molecule has 0 aliphatic carbocycles. The van der Waals surface area contributed by atoms with Crippen LogP contribution in [0.15, 0.2) is 15.2 Å². The topological polar surface area (TPSA) is 29.5 Å². The Hall–Kier alpha value is 0.100. The molecule has 0 spiro atoms. The van der Waals surface area contributed by atoms with Gasteiger partial charge in [0.15, 0.2) is 0 Å². The van der Waals surface area contributed by atoms with Crippen molar-refractivity contribution in [1.29, 1.82) is 0 Å². The molecule has 1 fully saturated rings. The van der Waals surface area contributed by atoms with E-state index in [1.54, 1.807) is 11.3 Å². The Balaban J connectivity index is 2.19. The minimum absolute atomic E-state index is 0.0781. The first-order chi connectivity index (χ1) is 6.83. The van der Waals surface area contributed by atoms with Crippen LogP contribution in [0.25, 0.3) is 0 Å². The Morgan fingerprint density at radius 1 is 1.57 bits per heavy atom. The Morgan fingerprint density at radius 2 is 2.43 bits per heavy atom. The molecule has 0 saturated carbocycles. The van der Waals surface area contributed by atoms with Gasteiger partial charge in [-0.1, -0.05) is 0 Å². The molecule has 0 amide bonds. The van der Waals surface area contributed by atoms with Crippen molar-refractivity contribution in [3.05, 3.63) is 20.8 Å². The second-order valence-corrected chi connectivity index (χ2v) is 5.15. The summed E-state index contributed by atoms with van der Waals surface area (Å²) in [6.07, 6.45) is 2.20. The van der Waals surface area contributed by atoms with E-state index < -0.39 is 0 Å². The van der Waals surface area contributed by atoms with Crippen molar-refractivity contribution in [1.82, 2.24) is 0 Å². The molecule has 2 atom stereocenters. The van der Waals surface area contributed by atoms with Crippen molar-refractivity contribution in [2.45, 2.75) is 18.9 Å². The SMILES string of the molecule is OCC1CCCOC1c1cscc1Br. The van der Waals surface area contributed by atoms with Crippen molar-refractivity contribution in [2.24, 2.45) is 5.92 Å². The van der Waals surface area contributed by atoms with Gasteiger partial charge in [-0.3, -0.25) is 0 Å². The van der Waals surface area contributed by atoms with E-state index in [9.17, 15) is 5.11 Å². The Labute approximate surface area is 96.0 Å². The monoisotopic (exact) mass is 276 g/mol. The number of hydrogen-bond acceptors (Lipinski definition) is 3. The van der Waals surface area contributed by atoms with E-state index >= 15 is 0 Å². The summed E-state index contributed by atoms with van der Waals surface area (Å²) in [4.78, 5) is 0. The minimum Gasteiger partial charge on any atom is -0.396 e. The molecule has 1 aromatic rings. The van der Waals surface area contributed by atoms with Crippen molar-refractivity contribution >= 4 is 27.3 Å². The van der Waals surface area contributed by atoms with Gasteiger partial charge in [0.2, 0.25) is 0 Å². The van der Waals surface area contributed by atoms with Crippen LogP contribution < -0.4 is 0 Å². The Bertz CT molecular complexity index is 300. The number of aliphatic hydroxyl groups is 1. The van der Waals surface area contributed by atoms with E-state index in [1.165, 1.54) is 5.56 Å². The van der Waals surface area contributed by atoms with Gasteiger partial charge >= 0.3 is 0 Å². The highest BCUT2D eigenvalue weighted by Crippen LogP contribution is 2.38. The lowest BCUT2D eigenvalue weighted by molar-refractivity contribution is -0.0458. The lowest BCUT2D eigenvalue weighted by Crippen LogP contribution is -2.25. The maximum absolute atomic E-state index is 9.26. The standard InChI is InChI=1S/C10H13BrO2S/c11-9-6-14-5-8(9)10-7(4-12)2-1-3-13-10/h5-7,10,12H,1-4H2. The summed E-state index contributed by atoms with van der Waals surface area (Å²) in [5, 5.41) is 13.4. The van der Waals surface area contributed by atoms with E-state index in [2.05, 4.69) is 26.7 Å². The molecular formula is C10H13BrO2S. The van der Waals surface area contributed by atoms with Crippen molar-refractivity contribution in [3.8, 4) is 0 Å². The van der Waals surface area contributed by atoms with Gasteiger partial charge in [-0.25, -0.2) is 0 Å². The van der Waals surface area contributed by atoms with Crippen LogP contribution in [0, 0.1) is 5.92 Å². The first-order valence-corrected chi connectivity index (χ1v) is 6.50. The summed E-state index contributed by atoms with van der Waals surface area (Å²) in [6.45, 7) is 1.02. The summed E-state index contributed by atoms with van der Waals surface area (Å²) in [7, 11) is 0. The van der Waals surface area contributed by atoms with E-state index in [-0.39, 0.29) is 18.6 Å². The van der Waals surface area contributed by atoms with E-state index in [0.29, 0.717) is 0 Å². The second kappa shape index (κ2) is 4.75. The van der Waals surface area contributed by atoms with Gasteiger partial charge in [0.05, 0.1) is 6.10 Å². The van der Waals surface area contributed by atoms with Crippen LogP contribution in [-0.4, -0.2) is 18.3 Å². The molecule has 1 N–H and O–H groups in total. The van der Waals surface area contributed by atoms with Crippen molar-refractivity contribution in [3.63, 3.8) is 0 Å². The molecule has 2 rings (SSSR count). The molecule has 78 valence electrons. The molecule has 1 aliphatic heterocycles. The van der Waals surface area contributed by atoms with Crippen molar-refractivity contribution in [2.75, 3.05) is 13.2 Å². The van der Waals surface area contributed by atoms with E-state index in [0.717, 1.165) is 23.9 Å². The molecule has 0 aromatic carbocycles. The van der Waals surface area contributed by atoms with Crippen molar-refractivity contribution < 1.29 is 9.84 Å². The molecule has 1 aliphatic rings. The number of rotatable bonds is 2. The lowest BCUT2D eigenvalue weighted by atomic mass is 9.91. The van der Waals surface area contributed by atoms with Crippen LogP contribution in [-0.2, 0) is 4.74 Å². The van der Waals surface area contributed by atoms with Crippen LogP contribution in [0.3, 0.4) is 0 Å². The summed E-state index contributed by atoms with van der Waals surface area (Å²) in [6, 6.07) is 0. The molecule has 2 nitrogen and oxygen atoms in total. The number of halogens is 1. The van der Waals surface area contributed by atoms with Crippen LogP contribution in [0.2, 0.25) is 0 Å². The largest absolute Gasteiger partial charge is 0.396 e. The average Bonchev–Trinajstić information content (AvgIpc) is 2.64. The zero-order chi connectivity index (χ0) is 9.97. The Morgan fingerprint density at radius 3 is 3.07 bits per heavy atom. The van der Waals surface area contributed by atoms with Gasteiger partial charge in [-0.2, -0.15) is 11.3 Å². The molecular weight excluding hydrogens is 264 g/mol. The zero-order valence-electron chi connectivity index (χ0n) is 7.78. The lowest BCUT2D eigenvalue weighted by Gasteiger charge is -2.30. The fraction of sp³-hybridized carbons (Fsp3) is 0.600. The molecule has 1 aromatic heterocycles. The summed E-state index contributed by atoms with van der Waals surface area (Å²) < 4.78 is 6.83. The van der Waals surface area contributed by atoms with E-state index in [4.69, 9.17) is 4.74 Å². The van der Waals surface area contributed by atoms with Crippen LogP contribution >= 0.6 is 27.3 Å². The van der Waals surface area contributed by atoms with Gasteiger partial charge in [0, 0.05) is 34.5 Å². The highest BCUT2D eigenvalue weighted by atomic mass is 79.9. The number of hydrogen-bond donors (Lipinski definition) is 1. The molecule has 4 heteroatoms. The third-order valence-electron chi connectivity index (χ3n) is 2.63. The number of aliphatic hydroxyl groups excluding tert-OH is 1. The first-order valence-electron chi connectivity index (χ1n) is 4.77. The smallest absolute Gasteiger partial charge is 0.0893 e. The molecule has 1 saturated heterocycles. The summed E-state index contributed by atoms with van der Waals surface area (Å²) in [5.41, 5.74) is 1.19. The molecule has 2 unspecified atom stereocenters. The van der Waals surface area contributed by atoms with Gasteiger partial charge in [-0.15, -0.1) is 0 Å². The third-order valence-corrected chi connectivity index (χ3v) is 4.38. The molecule has 0 bridgehead atoms. The van der Waals surface area contributed by atoms with Crippen LogP contribution in [0.5, 0.6) is 0 Å². The zero-order valence-corrected chi connectivity index (χ0v) is 10.2. The molecule has 0 radical (unpaired) electrons. The minimum atomic E-state index is 0.0781. The van der Waals surface area contributed by atoms with Gasteiger partial charge in [0.1, 0.15) is 0 Å². The fourth-order valence-corrected chi connectivity index (χ4v) is 3.42. The predicted molar refractivity (Wildman–Crippen MR) is 60.5 cm³/mol.